The first-order chi connectivity index (χ1) is 10.0. The zero-order valence-corrected chi connectivity index (χ0v) is 12.8. The third kappa shape index (κ3) is 6.54. The maximum Gasteiger partial charge on any atom is 0.225 e. The maximum atomic E-state index is 13.7. The second kappa shape index (κ2) is 9.29. The first-order valence-electron chi connectivity index (χ1n) is 7.24. The van der Waals surface area contributed by atoms with Crippen LogP contribution in [0.5, 0.6) is 0 Å². The Labute approximate surface area is 126 Å². The fraction of sp³-hybridized carbons (Fsp3) is 0.471. The Hall–Kier alpha value is -1.68. The van der Waals surface area contributed by atoms with E-state index in [4.69, 9.17) is 4.74 Å². The Morgan fingerprint density at radius 2 is 2.14 bits per heavy atom. The Bertz CT molecular complexity index is 460. The molecular weight excluding hydrogens is 269 g/mol. The van der Waals surface area contributed by atoms with Crippen molar-refractivity contribution >= 4 is 5.91 Å². The first kappa shape index (κ1) is 17.4. The van der Waals surface area contributed by atoms with E-state index >= 15 is 0 Å². The van der Waals surface area contributed by atoms with Gasteiger partial charge in [0.25, 0.3) is 0 Å². The smallest absolute Gasteiger partial charge is 0.225 e. The van der Waals surface area contributed by atoms with E-state index < -0.39 is 0 Å². The van der Waals surface area contributed by atoms with E-state index in [0.717, 1.165) is 0 Å². The SMILES string of the molecule is C=CCN(Cc1ccccc1F)C(=O)CCOCC(C)C. The third-order valence-corrected chi connectivity index (χ3v) is 2.93. The molecule has 0 aliphatic heterocycles. The molecule has 0 atom stereocenters. The molecule has 0 saturated heterocycles. The Morgan fingerprint density at radius 1 is 1.43 bits per heavy atom. The molecule has 0 unspecified atom stereocenters. The molecule has 0 N–H and O–H groups in total. The average Bonchev–Trinajstić information content (AvgIpc) is 2.45. The van der Waals surface area contributed by atoms with Crippen LogP contribution in [-0.4, -0.2) is 30.6 Å². The van der Waals surface area contributed by atoms with Gasteiger partial charge in [0.15, 0.2) is 0 Å². The summed E-state index contributed by atoms with van der Waals surface area (Å²) in [6.45, 7) is 9.45. The second-order valence-electron chi connectivity index (χ2n) is 5.37. The van der Waals surface area contributed by atoms with Gasteiger partial charge in [-0.25, -0.2) is 4.39 Å². The largest absolute Gasteiger partial charge is 0.381 e. The van der Waals surface area contributed by atoms with Gasteiger partial charge in [-0.1, -0.05) is 38.1 Å². The summed E-state index contributed by atoms with van der Waals surface area (Å²) in [4.78, 5) is 13.8. The average molecular weight is 293 g/mol. The van der Waals surface area contributed by atoms with Crippen LogP contribution >= 0.6 is 0 Å². The summed E-state index contributed by atoms with van der Waals surface area (Å²) in [5, 5.41) is 0. The molecule has 4 heteroatoms. The summed E-state index contributed by atoms with van der Waals surface area (Å²) in [5.74, 6) is 0.0973. The molecule has 0 bridgehead atoms. The van der Waals surface area contributed by atoms with Gasteiger partial charge in [0.2, 0.25) is 5.91 Å². The van der Waals surface area contributed by atoms with E-state index in [1.807, 2.05) is 0 Å². The fourth-order valence-corrected chi connectivity index (χ4v) is 1.88. The molecule has 0 heterocycles. The van der Waals surface area contributed by atoms with Crippen molar-refractivity contribution in [2.75, 3.05) is 19.8 Å². The second-order valence-corrected chi connectivity index (χ2v) is 5.37. The number of halogens is 1. The first-order valence-corrected chi connectivity index (χ1v) is 7.24. The number of carbonyl (C=O) groups excluding carboxylic acids is 1. The van der Waals surface area contributed by atoms with Crippen LogP contribution in [0.3, 0.4) is 0 Å². The van der Waals surface area contributed by atoms with Crippen LogP contribution in [0.4, 0.5) is 4.39 Å². The summed E-state index contributed by atoms with van der Waals surface area (Å²) < 4.78 is 19.1. The van der Waals surface area contributed by atoms with Crippen molar-refractivity contribution in [3.63, 3.8) is 0 Å². The monoisotopic (exact) mass is 293 g/mol. The predicted molar refractivity (Wildman–Crippen MR) is 82.3 cm³/mol. The van der Waals surface area contributed by atoms with Gasteiger partial charge in [0, 0.05) is 25.3 Å². The minimum Gasteiger partial charge on any atom is -0.381 e. The Balaban J connectivity index is 2.54. The van der Waals surface area contributed by atoms with Crippen LogP contribution in [0.1, 0.15) is 25.8 Å². The number of ether oxygens (including phenoxy) is 1. The van der Waals surface area contributed by atoms with Crippen molar-refractivity contribution in [2.24, 2.45) is 5.92 Å². The fourth-order valence-electron chi connectivity index (χ4n) is 1.88. The Kier molecular flexibility index (Phi) is 7.69. The van der Waals surface area contributed by atoms with Crippen molar-refractivity contribution in [1.82, 2.24) is 4.90 Å². The van der Waals surface area contributed by atoms with Crippen LogP contribution in [0.15, 0.2) is 36.9 Å². The minimum absolute atomic E-state index is 0.0538. The van der Waals surface area contributed by atoms with Crippen LogP contribution in [0, 0.1) is 11.7 Å². The predicted octanol–water partition coefficient (Wildman–Crippen LogP) is 3.40. The van der Waals surface area contributed by atoms with E-state index in [9.17, 15) is 9.18 Å². The molecule has 21 heavy (non-hydrogen) atoms. The lowest BCUT2D eigenvalue weighted by atomic mass is 10.2. The lowest BCUT2D eigenvalue weighted by molar-refractivity contribution is -0.132. The number of benzene rings is 1. The molecule has 0 spiro atoms. The van der Waals surface area contributed by atoms with E-state index in [2.05, 4.69) is 20.4 Å². The van der Waals surface area contributed by atoms with Crippen molar-refractivity contribution < 1.29 is 13.9 Å². The van der Waals surface area contributed by atoms with Gasteiger partial charge in [-0.15, -0.1) is 6.58 Å². The molecule has 0 radical (unpaired) electrons. The number of hydrogen-bond donors (Lipinski definition) is 0. The van der Waals surface area contributed by atoms with E-state index in [1.54, 1.807) is 29.2 Å². The van der Waals surface area contributed by atoms with Gasteiger partial charge in [-0.05, 0) is 12.0 Å². The summed E-state index contributed by atoms with van der Waals surface area (Å²) in [6.07, 6.45) is 1.95. The van der Waals surface area contributed by atoms with Gasteiger partial charge < -0.3 is 9.64 Å². The van der Waals surface area contributed by atoms with Crippen LogP contribution in [0.2, 0.25) is 0 Å². The molecule has 116 valence electrons. The highest BCUT2D eigenvalue weighted by Gasteiger charge is 2.14. The molecule has 1 rings (SSSR count). The highest BCUT2D eigenvalue weighted by atomic mass is 19.1. The molecule has 1 amide bonds. The molecule has 3 nitrogen and oxygen atoms in total. The minimum atomic E-state index is -0.296. The molecular formula is C17H24FNO2. The highest BCUT2D eigenvalue weighted by molar-refractivity contribution is 5.76. The lowest BCUT2D eigenvalue weighted by Crippen LogP contribution is -2.31. The highest BCUT2D eigenvalue weighted by Crippen LogP contribution is 2.11. The molecule has 0 aliphatic carbocycles. The number of rotatable bonds is 9. The van der Waals surface area contributed by atoms with Gasteiger partial charge in [0.05, 0.1) is 13.0 Å². The molecule has 1 aromatic carbocycles. The summed E-state index contributed by atoms with van der Waals surface area (Å²) in [6, 6.07) is 6.49. The van der Waals surface area contributed by atoms with Crippen LogP contribution in [-0.2, 0) is 16.1 Å². The zero-order chi connectivity index (χ0) is 15.7. The van der Waals surface area contributed by atoms with E-state index in [0.29, 0.717) is 37.7 Å². The summed E-state index contributed by atoms with van der Waals surface area (Å²) in [5.41, 5.74) is 0.510. The van der Waals surface area contributed by atoms with Crippen molar-refractivity contribution in [2.45, 2.75) is 26.8 Å². The van der Waals surface area contributed by atoms with Crippen molar-refractivity contribution in [3.8, 4) is 0 Å². The van der Waals surface area contributed by atoms with Crippen molar-refractivity contribution in [1.29, 1.82) is 0 Å². The lowest BCUT2D eigenvalue weighted by Gasteiger charge is -2.21. The van der Waals surface area contributed by atoms with Crippen LogP contribution in [0.25, 0.3) is 0 Å². The topological polar surface area (TPSA) is 29.5 Å². The molecule has 0 saturated carbocycles. The van der Waals surface area contributed by atoms with Gasteiger partial charge in [-0.2, -0.15) is 0 Å². The number of nitrogens with zero attached hydrogens (tertiary/aromatic N) is 1. The molecule has 1 aromatic rings. The summed E-state index contributed by atoms with van der Waals surface area (Å²) >= 11 is 0. The van der Waals surface area contributed by atoms with Crippen molar-refractivity contribution in [3.05, 3.63) is 48.3 Å². The number of hydrogen-bond acceptors (Lipinski definition) is 2. The van der Waals surface area contributed by atoms with Gasteiger partial charge in [0.1, 0.15) is 5.82 Å². The molecule has 0 aliphatic rings. The van der Waals surface area contributed by atoms with Gasteiger partial charge in [-0.3, -0.25) is 4.79 Å². The normalized spacial score (nSPS) is 10.7. The maximum absolute atomic E-state index is 13.7. The summed E-state index contributed by atoms with van der Waals surface area (Å²) in [7, 11) is 0. The van der Waals surface area contributed by atoms with Gasteiger partial charge >= 0.3 is 0 Å². The third-order valence-electron chi connectivity index (χ3n) is 2.93. The van der Waals surface area contributed by atoms with E-state index in [-0.39, 0.29) is 18.3 Å². The molecule has 0 fully saturated rings. The quantitative estimate of drug-likeness (QED) is 0.516. The standard InChI is InChI=1S/C17H24FNO2/c1-4-10-19(12-15-7-5-6-8-16(15)18)17(20)9-11-21-13-14(2)3/h4-8,14H,1,9-13H2,2-3H3. The number of carbonyl (C=O) groups is 1. The molecule has 0 aromatic heterocycles. The Morgan fingerprint density at radius 3 is 2.76 bits per heavy atom. The van der Waals surface area contributed by atoms with Crippen LogP contribution < -0.4 is 0 Å². The zero-order valence-electron chi connectivity index (χ0n) is 12.8. The number of amides is 1. The van der Waals surface area contributed by atoms with E-state index in [1.165, 1.54) is 6.07 Å².